The zero-order valence-corrected chi connectivity index (χ0v) is 14.1. The zero-order valence-electron chi connectivity index (χ0n) is 14.1. The number of hydrogen-bond acceptors (Lipinski definition) is 4. The Morgan fingerprint density at radius 1 is 1.12 bits per heavy atom. The van der Waals surface area contributed by atoms with Gasteiger partial charge in [0, 0.05) is 25.3 Å². The van der Waals surface area contributed by atoms with Gasteiger partial charge in [-0.05, 0) is 24.3 Å². The number of aromatic nitrogens is 1. The average Bonchev–Trinajstić information content (AvgIpc) is 3.06. The van der Waals surface area contributed by atoms with E-state index in [4.69, 9.17) is 0 Å². The molecule has 1 N–H and O–H groups in total. The van der Waals surface area contributed by atoms with Gasteiger partial charge in [-0.1, -0.05) is 36.4 Å². The Balaban J connectivity index is 1.59. The van der Waals surface area contributed by atoms with E-state index in [-0.39, 0.29) is 12.1 Å². The third-order valence-electron chi connectivity index (χ3n) is 4.47. The Morgan fingerprint density at radius 2 is 1.88 bits per heavy atom. The maximum atomic E-state index is 12.3. The lowest BCUT2D eigenvalue weighted by atomic mass is 10.2. The van der Waals surface area contributed by atoms with Crippen molar-refractivity contribution in [2.75, 3.05) is 16.9 Å². The summed E-state index contributed by atoms with van der Waals surface area (Å²) in [6.45, 7) is 2.40. The molecular weight excluding hydrogens is 312 g/mol. The van der Waals surface area contributed by atoms with Crippen molar-refractivity contribution in [3.8, 4) is 0 Å². The van der Waals surface area contributed by atoms with Crippen molar-refractivity contribution >= 4 is 28.2 Å². The third kappa shape index (κ3) is 3.01. The molecule has 4 rings (SSSR count). The van der Waals surface area contributed by atoms with E-state index in [0.29, 0.717) is 0 Å². The second-order valence-electron chi connectivity index (χ2n) is 6.19. The Labute approximate surface area is 146 Å². The highest BCUT2D eigenvalue weighted by molar-refractivity contribution is 5.82. The van der Waals surface area contributed by atoms with Gasteiger partial charge in [-0.2, -0.15) is 0 Å². The summed E-state index contributed by atoms with van der Waals surface area (Å²) in [6, 6.07) is 20.1. The van der Waals surface area contributed by atoms with Gasteiger partial charge in [-0.3, -0.25) is 14.8 Å². The number of carbonyl (C=O) groups is 1. The molecule has 0 saturated carbocycles. The van der Waals surface area contributed by atoms with E-state index in [1.807, 2.05) is 65.8 Å². The van der Waals surface area contributed by atoms with E-state index in [9.17, 15) is 4.79 Å². The van der Waals surface area contributed by atoms with Gasteiger partial charge in [0.15, 0.2) is 0 Å². The predicted octanol–water partition coefficient (Wildman–Crippen LogP) is 3.65. The molecule has 1 fully saturated rings. The maximum Gasteiger partial charge on any atom is 0.239 e. The summed E-state index contributed by atoms with van der Waals surface area (Å²) in [5, 5.41) is 8.38. The van der Waals surface area contributed by atoms with Gasteiger partial charge in [0.2, 0.25) is 5.91 Å². The monoisotopic (exact) mass is 332 g/mol. The fraction of sp³-hybridized carbons (Fsp3) is 0.200. The van der Waals surface area contributed by atoms with E-state index >= 15 is 0 Å². The quantitative estimate of drug-likeness (QED) is 0.795. The molecule has 126 valence electrons. The number of nitrogens with one attached hydrogen (secondary N) is 1. The molecule has 1 saturated heterocycles. The van der Waals surface area contributed by atoms with Crippen LogP contribution >= 0.6 is 0 Å². The molecule has 1 aliphatic heterocycles. The average molecular weight is 332 g/mol. The fourth-order valence-corrected chi connectivity index (χ4v) is 3.36. The number of carbonyl (C=O) groups excluding carboxylic acids is 1. The molecule has 5 heteroatoms. The summed E-state index contributed by atoms with van der Waals surface area (Å²) in [7, 11) is 0. The van der Waals surface area contributed by atoms with Crippen LogP contribution in [-0.4, -0.2) is 28.6 Å². The van der Waals surface area contributed by atoms with Crippen LogP contribution in [0.15, 0.2) is 66.9 Å². The molecule has 3 aromatic rings. The molecular formula is C20H20N4O. The van der Waals surface area contributed by atoms with E-state index < -0.39 is 0 Å². The van der Waals surface area contributed by atoms with Crippen molar-refractivity contribution < 1.29 is 4.79 Å². The van der Waals surface area contributed by atoms with Crippen LogP contribution < -0.4 is 10.3 Å². The highest BCUT2D eigenvalue weighted by Gasteiger charge is 2.34. The number of rotatable bonds is 3. The number of para-hydroxylation sites is 2. The predicted molar refractivity (Wildman–Crippen MR) is 100 cm³/mol. The molecule has 1 unspecified atom stereocenters. The maximum absolute atomic E-state index is 12.3. The first-order valence-corrected chi connectivity index (χ1v) is 8.46. The number of benzene rings is 2. The largest absolute Gasteiger partial charge is 0.362 e. The van der Waals surface area contributed by atoms with Crippen molar-refractivity contribution in [1.29, 1.82) is 0 Å². The molecule has 1 amide bonds. The Kier molecular flexibility index (Phi) is 3.98. The Morgan fingerprint density at radius 3 is 2.68 bits per heavy atom. The van der Waals surface area contributed by atoms with Gasteiger partial charge < -0.3 is 5.32 Å². The van der Waals surface area contributed by atoms with Gasteiger partial charge in [-0.15, -0.1) is 0 Å². The SMILES string of the molecule is CC(=O)N1C(Nc2cnc3ccccc3c2)CCN1c1ccccc1. The van der Waals surface area contributed by atoms with E-state index in [0.717, 1.165) is 35.2 Å². The van der Waals surface area contributed by atoms with Crippen LogP contribution in [0.3, 0.4) is 0 Å². The van der Waals surface area contributed by atoms with Crippen molar-refractivity contribution in [1.82, 2.24) is 9.99 Å². The summed E-state index contributed by atoms with van der Waals surface area (Å²) in [6.07, 6.45) is 2.59. The molecule has 0 aliphatic carbocycles. The third-order valence-corrected chi connectivity index (χ3v) is 4.47. The lowest BCUT2D eigenvalue weighted by Crippen LogP contribution is -2.47. The lowest BCUT2D eigenvalue weighted by Gasteiger charge is -2.33. The number of hydrazine groups is 1. The first-order chi connectivity index (χ1) is 12.2. The second-order valence-corrected chi connectivity index (χ2v) is 6.19. The molecule has 1 atom stereocenters. The van der Waals surface area contributed by atoms with Crippen LogP contribution in [-0.2, 0) is 4.79 Å². The van der Waals surface area contributed by atoms with Crippen LogP contribution in [0.1, 0.15) is 13.3 Å². The molecule has 0 radical (unpaired) electrons. The van der Waals surface area contributed by atoms with Crippen molar-refractivity contribution in [2.24, 2.45) is 0 Å². The number of hydrogen-bond donors (Lipinski definition) is 1. The minimum absolute atomic E-state index is 0.0209. The minimum Gasteiger partial charge on any atom is -0.362 e. The first kappa shape index (κ1) is 15.4. The van der Waals surface area contributed by atoms with Crippen molar-refractivity contribution in [3.63, 3.8) is 0 Å². The molecule has 5 nitrogen and oxygen atoms in total. The van der Waals surface area contributed by atoms with Crippen LogP contribution in [0.25, 0.3) is 10.9 Å². The molecule has 1 aliphatic rings. The van der Waals surface area contributed by atoms with E-state index in [1.54, 1.807) is 11.9 Å². The van der Waals surface area contributed by atoms with Gasteiger partial charge in [0.25, 0.3) is 0 Å². The van der Waals surface area contributed by atoms with Gasteiger partial charge in [0.1, 0.15) is 6.17 Å². The molecule has 1 aromatic heterocycles. The van der Waals surface area contributed by atoms with Gasteiger partial charge >= 0.3 is 0 Å². The summed E-state index contributed by atoms with van der Waals surface area (Å²) in [5.41, 5.74) is 2.91. The van der Waals surface area contributed by atoms with Crippen LogP contribution in [0, 0.1) is 0 Å². The topological polar surface area (TPSA) is 48.5 Å². The zero-order chi connectivity index (χ0) is 17.2. The number of amides is 1. The second kappa shape index (κ2) is 6.43. The standard InChI is InChI=1S/C20H20N4O/c1-15(25)24-20(11-12-23(24)18-8-3-2-4-9-18)22-17-13-16-7-5-6-10-19(16)21-14-17/h2-10,13-14,20,22H,11-12H2,1H3. The molecule has 2 aromatic carbocycles. The molecule has 0 spiro atoms. The van der Waals surface area contributed by atoms with Crippen molar-refractivity contribution in [3.05, 3.63) is 66.9 Å². The van der Waals surface area contributed by atoms with Crippen LogP contribution in [0.4, 0.5) is 11.4 Å². The first-order valence-electron chi connectivity index (χ1n) is 8.46. The van der Waals surface area contributed by atoms with Crippen molar-refractivity contribution in [2.45, 2.75) is 19.5 Å². The molecule has 25 heavy (non-hydrogen) atoms. The molecule has 2 heterocycles. The summed E-state index contributed by atoms with van der Waals surface area (Å²) >= 11 is 0. The van der Waals surface area contributed by atoms with Crippen LogP contribution in [0.5, 0.6) is 0 Å². The highest BCUT2D eigenvalue weighted by atomic mass is 16.2. The number of pyridine rings is 1. The lowest BCUT2D eigenvalue weighted by molar-refractivity contribution is -0.129. The number of fused-ring (bicyclic) bond motifs is 1. The smallest absolute Gasteiger partial charge is 0.239 e. The van der Waals surface area contributed by atoms with Gasteiger partial charge in [-0.25, -0.2) is 5.01 Å². The van der Waals surface area contributed by atoms with E-state index in [1.165, 1.54) is 0 Å². The summed E-state index contributed by atoms with van der Waals surface area (Å²) in [5.74, 6) is 0.0209. The normalized spacial score (nSPS) is 17.1. The summed E-state index contributed by atoms with van der Waals surface area (Å²) < 4.78 is 0. The summed E-state index contributed by atoms with van der Waals surface area (Å²) in [4.78, 5) is 16.8. The fourth-order valence-electron chi connectivity index (χ4n) is 3.36. The van der Waals surface area contributed by atoms with E-state index in [2.05, 4.69) is 16.4 Å². The number of anilines is 2. The molecule has 0 bridgehead atoms. The Hall–Kier alpha value is -3.08. The minimum atomic E-state index is -0.0827. The Bertz CT molecular complexity index is 896. The van der Waals surface area contributed by atoms with Gasteiger partial charge in [0.05, 0.1) is 23.1 Å². The highest BCUT2D eigenvalue weighted by Crippen LogP contribution is 2.27. The van der Waals surface area contributed by atoms with Crippen LogP contribution in [0.2, 0.25) is 0 Å². The number of nitrogens with zero attached hydrogens (tertiary/aromatic N) is 3.